The molecule has 1 aliphatic heterocycles. The van der Waals surface area contributed by atoms with Gasteiger partial charge in [0.15, 0.2) is 11.5 Å². The van der Waals surface area contributed by atoms with E-state index in [1.54, 1.807) is 7.11 Å². The SMILES string of the molecule is COc1ccccc1Oc1c(C)cnc2ccc(N3CCNCC3)cc12. The Labute approximate surface area is 153 Å². The number of nitrogens with one attached hydrogen (secondary N) is 1. The Balaban J connectivity index is 1.78. The van der Waals surface area contributed by atoms with Crippen molar-refractivity contribution < 1.29 is 9.47 Å². The molecule has 0 atom stereocenters. The summed E-state index contributed by atoms with van der Waals surface area (Å²) >= 11 is 0. The third-order valence-corrected chi connectivity index (χ3v) is 4.74. The van der Waals surface area contributed by atoms with Gasteiger partial charge in [0, 0.05) is 49.0 Å². The van der Waals surface area contributed by atoms with E-state index in [2.05, 4.69) is 33.4 Å². The van der Waals surface area contributed by atoms with E-state index < -0.39 is 0 Å². The molecule has 0 amide bonds. The second-order valence-corrected chi connectivity index (χ2v) is 6.46. The number of fused-ring (bicyclic) bond motifs is 1. The Bertz CT molecular complexity index is 920. The van der Waals surface area contributed by atoms with Gasteiger partial charge in [0.25, 0.3) is 0 Å². The summed E-state index contributed by atoms with van der Waals surface area (Å²) in [4.78, 5) is 6.96. The molecule has 2 heterocycles. The Hall–Kier alpha value is -2.79. The van der Waals surface area contributed by atoms with Crippen molar-refractivity contribution in [1.82, 2.24) is 10.3 Å². The van der Waals surface area contributed by atoms with Gasteiger partial charge in [-0.15, -0.1) is 0 Å². The first-order valence-corrected chi connectivity index (χ1v) is 8.92. The van der Waals surface area contributed by atoms with Crippen molar-refractivity contribution in [3.05, 3.63) is 54.2 Å². The molecule has 26 heavy (non-hydrogen) atoms. The van der Waals surface area contributed by atoms with Crippen LogP contribution in [-0.4, -0.2) is 38.3 Å². The van der Waals surface area contributed by atoms with Gasteiger partial charge < -0.3 is 19.7 Å². The fourth-order valence-electron chi connectivity index (χ4n) is 3.32. The van der Waals surface area contributed by atoms with Gasteiger partial charge in [0.05, 0.1) is 12.6 Å². The summed E-state index contributed by atoms with van der Waals surface area (Å²) in [6.45, 7) is 6.05. The number of ether oxygens (including phenoxy) is 2. The lowest BCUT2D eigenvalue weighted by Crippen LogP contribution is -2.43. The Morgan fingerprint density at radius 3 is 2.58 bits per heavy atom. The van der Waals surface area contributed by atoms with Crippen LogP contribution in [0.1, 0.15) is 5.56 Å². The number of anilines is 1. The minimum absolute atomic E-state index is 0.707. The predicted octanol–water partition coefficient (Wildman–Crippen LogP) is 3.75. The van der Waals surface area contributed by atoms with Crippen LogP contribution in [0.3, 0.4) is 0 Å². The highest BCUT2D eigenvalue weighted by atomic mass is 16.5. The summed E-state index contributed by atoms with van der Waals surface area (Å²) in [5.41, 5.74) is 3.14. The molecule has 0 bridgehead atoms. The van der Waals surface area contributed by atoms with Crippen LogP contribution in [0.2, 0.25) is 0 Å². The zero-order valence-electron chi connectivity index (χ0n) is 15.2. The van der Waals surface area contributed by atoms with E-state index in [0.29, 0.717) is 5.75 Å². The number of para-hydroxylation sites is 2. The lowest BCUT2D eigenvalue weighted by molar-refractivity contribution is 0.379. The van der Waals surface area contributed by atoms with Crippen molar-refractivity contribution in [2.24, 2.45) is 0 Å². The van der Waals surface area contributed by atoms with Gasteiger partial charge in [-0.1, -0.05) is 12.1 Å². The molecule has 0 saturated carbocycles. The first-order valence-electron chi connectivity index (χ1n) is 8.92. The maximum Gasteiger partial charge on any atom is 0.169 e. The molecule has 4 rings (SSSR count). The van der Waals surface area contributed by atoms with Crippen LogP contribution in [-0.2, 0) is 0 Å². The molecule has 0 aliphatic carbocycles. The molecular formula is C21H23N3O2. The van der Waals surface area contributed by atoms with Crippen LogP contribution in [0, 0.1) is 6.92 Å². The summed E-state index contributed by atoms with van der Waals surface area (Å²) in [5.74, 6) is 2.25. The molecule has 3 aromatic rings. The number of piperazine rings is 1. The van der Waals surface area contributed by atoms with E-state index in [1.807, 2.05) is 37.4 Å². The molecule has 5 nitrogen and oxygen atoms in total. The smallest absolute Gasteiger partial charge is 0.169 e. The highest BCUT2D eigenvalue weighted by molar-refractivity contribution is 5.89. The van der Waals surface area contributed by atoms with Crippen LogP contribution in [0.15, 0.2) is 48.7 Å². The number of aryl methyl sites for hydroxylation is 1. The van der Waals surface area contributed by atoms with Gasteiger partial charge in [0.1, 0.15) is 5.75 Å². The number of pyridine rings is 1. The van der Waals surface area contributed by atoms with Gasteiger partial charge in [-0.3, -0.25) is 4.98 Å². The van der Waals surface area contributed by atoms with Crippen molar-refractivity contribution in [2.75, 3.05) is 38.2 Å². The zero-order valence-corrected chi connectivity index (χ0v) is 15.2. The summed E-state index contributed by atoms with van der Waals surface area (Å²) in [6.07, 6.45) is 1.86. The number of nitrogens with zero attached hydrogens (tertiary/aromatic N) is 2. The van der Waals surface area contributed by atoms with E-state index in [9.17, 15) is 0 Å². The van der Waals surface area contributed by atoms with Crippen LogP contribution in [0.4, 0.5) is 5.69 Å². The molecule has 1 fully saturated rings. The van der Waals surface area contributed by atoms with E-state index in [-0.39, 0.29) is 0 Å². The van der Waals surface area contributed by atoms with Crippen LogP contribution in [0.25, 0.3) is 10.9 Å². The number of rotatable bonds is 4. The molecule has 134 valence electrons. The van der Waals surface area contributed by atoms with Crippen molar-refractivity contribution in [1.29, 1.82) is 0 Å². The monoisotopic (exact) mass is 349 g/mol. The largest absolute Gasteiger partial charge is 0.493 e. The van der Waals surface area contributed by atoms with Gasteiger partial charge in [0.2, 0.25) is 0 Å². The standard InChI is InChI=1S/C21H23N3O2/c1-15-14-23-18-8-7-16(24-11-9-22-10-12-24)13-17(18)21(15)26-20-6-4-3-5-19(20)25-2/h3-8,13-14,22H,9-12H2,1-2H3. The summed E-state index contributed by atoms with van der Waals surface area (Å²) in [6, 6.07) is 14.1. The van der Waals surface area contributed by atoms with E-state index in [0.717, 1.165) is 54.1 Å². The van der Waals surface area contributed by atoms with Gasteiger partial charge in [-0.2, -0.15) is 0 Å². The van der Waals surface area contributed by atoms with Crippen LogP contribution in [0.5, 0.6) is 17.2 Å². The maximum atomic E-state index is 6.29. The average Bonchev–Trinajstić information content (AvgIpc) is 2.71. The highest BCUT2D eigenvalue weighted by Crippen LogP contribution is 2.37. The molecule has 2 aromatic carbocycles. The molecule has 0 radical (unpaired) electrons. The van der Waals surface area contributed by atoms with Crippen molar-refractivity contribution >= 4 is 16.6 Å². The third-order valence-electron chi connectivity index (χ3n) is 4.74. The molecular weight excluding hydrogens is 326 g/mol. The fraction of sp³-hybridized carbons (Fsp3) is 0.286. The normalized spacial score (nSPS) is 14.5. The second kappa shape index (κ2) is 7.22. The summed E-state index contributed by atoms with van der Waals surface area (Å²) < 4.78 is 11.7. The Morgan fingerprint density at radius 2 is 1.81 bits per heavy atom. The minimum Gasteiger partial charge on any atom is -0.493 e. The molecule has 1 saturated heterocycles. The van der Waals surface area contributed by atoms with Crippen molar-refractivity contribution in [2.45, 2.75) is 6.92 Å². The average molecular weight is 349 g/mol. The molecule has 1 aromatic heterocycles. The third kappa shape index (κ3) is 3.18. The number of benzene rings is 2. The summed E-state index contributed by atoms with van der Waals surface area (Å²) in [7, 11) is 1.65. The van der Waals surface area contributed by atoms with Gasteiger partial charge >= 0.3 is 0 Å². The lowest BCUT2D eigenvalue weighted by atomic mass is 10.1. The van der Waals surface area contributed by atoms with E-state index in [1.165, 1.54) is 5.69 Å². The zero-order chi connectivity index (χ0) is 17.9. The van der Waals surface area contributed by atoms with Crippen molar-refractivity contribution in [3.63, 3.8) is 0 Å². The second-order valence-electron chi connectivity index (χ2n) is 6.46. The Kier molecular flexibility index (Phi) is 4.63. The topological polar surface area (TPSA) is 46.6 Å². The van der Waals surface area contributed by atoms with Crippen LogP contribution < -0.4 is 19.7 Å². The van der Waals surface area contributed by atoms with Gasteiger partial charge in [-0.05, 0) is 37.3 Å². The number of methoxy groups -OCH3 is 1. The molecule has 0 spiro atoms. The van der Waals surface area contributed by atoms with Crippen LogP contribution >= 0.6 is 0 Å². The van der Waals surface area contributed by atoms with Gasteiger partial charge in [-0.25, -0.2) is 0 Å². The minimum atomic E-state index is 0.707. The first-order chi connectivity index (χ1) is 12.8. The first kappa shape index (κ1) is 16.7. The predicted molar refractivity (Wildman–Crippen MR) is 105 cm³/mol. The van der Waals surface area contributed by atoms with E-state index in [4.69, 9.17) is 9.47 Å². The molecule has 1 N–H and O–H groups in total. The summed E-state index contributed by atoms with van der Waals surface area (Å²) in [5, 5.41) is 4.42. The molecule has 5 heteroatoms. The van der Waals surface area contributed by atoms with E-state index >= 15 is 0 Å². The fourth-order valence-corrected chi connectivity index (χ4v) is 3.32. The van der Waals surface area contributed by atoms with Crippen molar-refractivity contribution in [3.8, 4) is 17.2 Å². The number of aromatic nitrogens is 1. The quantitative estimate of drug-likeness (QED) is 0.777. The number of hydrogen-bond donors (Lipinski definition) is 1. The number of hydrogen-bond acceptors (Lipinski definition) is 5. The molecule has 0 unspecified atom stereocenters. The maximum absolute atomic E-state index is 6.29. The highest BCUT2D eigenvalue weighted by Gasteiger charge is 2.15. The lowest BCUT2D eigenvalue weighted by Gasteiger charge is -2.29. The Morgan fingerprint density at radius 1 is 1.04 bits per heavy atom. The molecule has 1 aliphatic rings.